The molecule has 29 heavy (non-hydrogen) atoms. The smallest absolute Gasteiger partial charge is 0.337 e. The molecule has 1 aromatic rings. The number of esters is 2. The molecular formula is C22H20O7. The van der Waals surface area contributed by atoms with Crippen LogP contribution in [-0.4, -0.2) is 44.2 Å². The first-order valence-corrected chi connectivity index (χ1v) is 9.36. The molecule has 7 nitrogen and oxygen atoms in total. The molecule has 7 heteroatoms. The molecule has 4 aliphatic rings. The topological polar surface area (TPSA) is 80.3 Å². The fourth-order valence-corrected chi connectivity index (χ4v) is 4.71. The van der Waals surface area contributed by atoms with Crippen LogP contribution in [0.15, 0.2) is 47.8 Å². The van der Waals surface area contributed by atoms with Gasteiger partial charge in [0.25, 0.3) is 0 Å². The Hall–Kier alpha value is -3.06. The molecule has 0 saturated carbocycles. The Bertz CT molecular complexity index is 1000. The maximum absolute atomic E-state index is 12.8. The average molecular weight is 396 g/mol. The molecule has 0 unspecified atom stereocenters. The summed E-state index contributed by atoms with van der Waals surface area (Å²) in [4.78, 5) is 24.9. The zero-order valence-corrected chi connectivity index (χ0v) is 16.2. The third-order valence-electron chi connectivity index (χ3n) is 6.10. The highest BCUT2D eigenvalue weighted by Crippen LogP contribution is 2.58. The summed E-state index contributed by atoms with van der Waals surface area (Å²) in [5.74, 6) is -0.803. The first-order chi connectivity index (χ1) is 14.0. The fourth-order valence-electron chi connectivity index (χ4n) is 4.71. The first kappa shape index (κ1) is 18.0. The van der Waals surface area contributed by atoms with Gasteiger partial charge in [0, 0.05) is 5.92 Å². The minimum atomic E-state index is -0.986. The second kappa shape index (κ2) is 6.22. The van der Waals surface area contributed by atoms with Crippen molar-refractivity contribution in [3.05, 3.63) is 58.9 Å². The van der Waals surface area contributed by atoms with Gasteiger partial charge >= 0.3 is 11.9 Å². The van der Waals surface area contributed by atoms with Crippen molar-refractivity contribution in [3.8, 4) is 5.75 Å². The third-order valence-corrected chi connectivity index (χ3v) is 6.10. The maximum Gasteiger partial charge on any atom is 0.337 e. The Labute approximate surface area is 167 Å². The van der Waals surface area contributed by atoms with Gasteiger partial charge in [-0.25, -0.2) is 9.59 Å². The summed E-state index contributed by atoms with van der Waals surface area (Å²) in [6.07, 6.45) is 5.62. The van der Waals surface area contributed by atoms with E-state index in [1.54, 1.807) is 13.2 Å². The van der Waals surface area contributed by atoms with Crippen molar-refractivity contribution in [1.29, 1.82) is 0 Å². The Morgan fingerprint density at radius 1 is 1.28 bits per heavy atom. The zero-order chi connectivity index (χ0) is 20.3. The van der Waals surface area contributed by atoms with Crippen molar-refractivity contribution in [1.82, 2.24) is 0 Å². The second-order valence-electron chi connectivity index (χ2n) is 7.57. The molecule has 0 N–H and O–H groups in total. The van der Waals surface area contributed by atoms with Gasteiger partial charge < -0.3 is 23.7 Å². The Morgan fingerprint density at radius 2 is 2.10 bits per heavy atom. The molecule has 5 atom stereocenters. The molecule has 2 fully saturated rings. The van der Waals surface area contributed by atoms with Gasteiger partial charge in [0.1, 0.15) is 11.9 Å². The number of carbonyl (C=O) groups is 2. The van der Waals surface area contributed by atoms with E-state index in [-0.39, 0.29) is 11.8 Å². The lowest BCUT2D eigenvalue weighted by Crippen LogP contribution is -2.43. The van der Waals surface area contributed by atoms with Crippen molar-refractivity contribution >= 4 is 18.0 Å². The van der Waals surface area contributed by atoms with E-state index >= 15 is 0 Å². The van der Waals surface area contributed by atoms with Gasteiger partial charge in [-0.05, 0) is 36.3 Å². The van der Waals surface area contributed by atoms with Crippen LogP contribution >= 0.6 is 0 Å². The van der Waals surface area contributed by atoms with E-state index < -0.39 is 29.9 Å². The molecule has 0 aromatic heterocycles. The lowest BCUT2D eigenvalue weighted by molar-refractivity contribution is -0.152. The lowest BCUT2D eigenvalue weighted by Gasteiger charge is -2.32. The number of benzene rings is 1. The quantitative estimate of drug-likeness (QED) is 0.441. The van der Waals surface area contributed by atoms with Gasteiger partial charge in [-0.3, -0.25) is 0 Å². The predicted molar refractivity (Wildman–Crippen MR) is 100 cm³/mol. The standard InChI is InChI=1S/C22H20O7/c1-11-4-5-12(9-16(11)25-2)8-14-18-22(29-20(14)24)7-6-13-15(19(23)26-3)10-27-21(28-18)17(13)22/h4-10,13,17-18,21H,1-3H3/b14-8+/t13-,17-,18+,21-,22+/m1/s1. The minimum Gasteiger partial charge on any atom is -0.496 e. The normalized spacial score (nSPS) is 34.9. The highest BCUT2D eigenvalue weighted by Gasteiger charge is 2.70. The summed E-state index contributed by atoms with van der Waals surface area (Å²) < 4.78 is 27.9. The van der Waals surface area contributed by atoms with Crippen molar-refractivity contribution in [3.63, 3.8) is 0 Å². The molecular weight excluding hydrogens is 376 g/mol. The van der Waals surface area contributed by atoms with Gasteiger partial charge in [0.15, 0.2) is 5.60 Å². The number of ether oxygens (including phenoxy) is 5. The van der Waals surface area contributed by atoms with Crippen LogP contribution in [0.2, 0.25) is 0 Å². The van der Waals surface area contributed by atoms with Gasteiger partial charge in [-0.2, -0.15) is 0 Å². The van der Waals surface area contributed by atoms with Crippen LogP contribution < -0.4 is 4.74 Å². The van der Waals surface area contributed by atoms with Crippen LogP contribution in [0.25, 0.3) is 6.08 Å². The predicted octanol–water partition coefficient (Wildman–Crippen LogP) is 2.30. The number of allylic oxidation sites excluding steroid dienone is 1. The number of hydrogen-bond acceptors (Lipinski definition) is 7. The molecule has 1 aliphatic carbocycles. The van der Waals surface area contributed by atoms with Crippen molar-refractivity contribution in [2.45, 2.75) is 24.9 Å². The molecule has 0 bridgehead atoms. The van der Waals surface area contributed by atoms with E-state index in [9.17, 15) is 9.59 Å². The number of carbonyl (C=O) groups excluding carboxylic acids is 2. The number of rotatable bonds is 3. The summed E-state index contributed by atoms with van der Waals surface area (Å²) in [7, 11) is 2.93. The number of methoxy groups -OCH3 is 2. The molecule has 5 rings (SSSR count). The number of aryl methyl sites for hydroxylation is 1. The van der Waals surface area contributed by atoms with Crippen LogP contribution in [0.3, 0.4) is 0 Å². The van der Waals surface area contributed by atoms with Crippen molar-refractivity contribution < 1.29 is 33.3 Å². The molecule has 0 radical (unpaired) electrons. The van der Waals surface area contributed by atoms with E-state index in [2.05, 4.69) is 0 Å². The lowest BCUT2D eigenvalue weighted by atomic mass is 9.78. The molecule has 1 spiro atoms. The summed E-state index contributed by atoms with van der Waals surface area (Å²) in [6, 6.07) is 5.70. The molecule has 150 valence electrons. The minimum absolute atomic E-state index is 0.294. The van der Waals surface area contributed by atoms with E-state index in [0.717, 1.165) is 16.9 Å². The Balaban J connectivity index is 1.52. The maximum atomic E-state index is 12.8. The van der Waals surface area contributed by atoms with Gasteiger partial charge in [-0.1, -0.05) is 18.2 Å². The molecule has 2 saturated heterocycles. The highest BCUT2D eigenvalue weighted by atomic mass is 16.7. The van der Waals surface area contributed by atoms with Crippen LogP contribution in [0.1, 0.15) is 11.1 Å². The highest BCUT2D eigenvalue weighted by molar-refractivity contribution is 5.99. The van der Waals surface area contributed by atoms with Crippen LogP contribution in [0, 0.1) is 18.8 Å². The molecule has 3 heterocycles. The largest absolute Gasteiger partial charge is 0.496 e. The first-order valence-electron chi connectivity index (χ1n) is 9.36. The summed E-state index contributed by atoms with van der Waals surface area (Å²) >= 11 is 0. The Morgan fingerprint density at radius 3 is 2.86 bits per heavy atom. The van der Waals surface area contributed by atoms with Gasteiger partial charge in [0.2, 0.25) is 6.29 Å². The average Bonchev–Trinajstić information content (AvgIpc) is 3.33. The summed E-state index contributed by atoms with van der Waals surface area (Å²) in [6.45, 7) is 1.95. The van der Waals surface area contributed by atoms with Gasteiger partial charge in [0.05, 0.1) is 37.5 Å². The monoisotopic (exact) mass is 396 g/mol. The number of hydrogen-bond donors (Lipinski definition) is 0. The second-order valence-corrected chi connectivity index (χ2v) is 7.57. The fraction of sp³-hybridized carbons (Fsp3) is 0.364. The van der Waals surface area contributed by atoms with E-state index in [0.29, 0.717) is 11.1 Å². The summed E-state index contributed by atoms with van der Waals surface area (Å²) in [5, 5.41) is 0. The molecule has 0 amide bonds. The Kier molecular flexibility index (Phi) is 3.86. The van der Waals surface area contributed by atoms with Crippen molar-refractivity contribution in [2.24, 2.45) is 11.8 Å². The molecule has 1 aromatic carbocycles. The molecule has 3 aliphatic heterocycles. The SMILES string of the molecule is COC(=O)C1=CO[C@@H]2O[C@H]3/C(=C\c4ccc(C)c(OC)c4)C(=O)O[C@]34C=C[C@H]1[C@H]24. The summed E-state index contributed by atoms with van der Waals surface area (Å²) in [5.41, 5.74) is 1.63. The van der Waals surface area contributed by atoms with Crippen LogP contribution in [0.5, 0.6) is 5.75 Å². The van der Waals surface area contributed by atoms with E-state index in [1.165, 1.54) is 13.4 Å². The zero-order valence-electron chi connectivity index (χ0n) is 16.2. The van der Waals surface area contributed by atoms with E-state index in [1.807, 2.05) is 37.3 Å². The van der Waals surface area contributed by atoms with Crippen LogP contribution in [-0.2, 0) is 28.5 Å². The van der Waals surface area contributed by atoms with Gasteiger partial charge in [-0.15, -0.1) is 0 Å². The van der Waals surface area contributed by atoms with E-state index in [4.69, 9.17) is 23.7 Å². The van der Waals surface area contributed by atoms with Crippen LogP contribution in [0.4, 0.5) is 0 Å². The third kappa shape index (κ3) is 2.40. The van der Waals surface area contributed by atoms with Crippen molar-refractivity contribution in [2.75, 3.05) is 14.2 Å².